The molecule has 2 aromatic rings. The molecule has 0 spiro atoms. The van der Waals surface area contributed by atoms with Gasteiger partial charge in [0, 0.05) is 5.56 Å². The van der Waals surface area contributed by atoms with Crippen LogP contribution in [0.2, 0.25) is 0 Å². The number of benzene rings is 2. The zero-order valence-electron chi connectivity index (χ0n) is 12.5. The van der Waals surface area contributed by atoms with Crippen LogP contribution in [0.5, 0.6) is 11.5 Å². The van der Waals surface area contributed by atoms with Gasteiger partial charge in [-0.25, -0.2) is 0 Å². The molecule has 21 heavy (non-hydrogen) atoms. The van der Waals surface area contributed by atoms with E-state index in [0.29, 0.717) is 0 Å². The molecule has 0 bridgehead atoms. The SMILES string of the molecule is COc1cccc(C(CCc2ccccc2)NN)c1OC. The molecule has 1 atom stereocenters. The number of hydrogen-bond donors (Lipinski definition) is 2. The number of hydrogen-bond acceptors (Lipinski definition) is 4. The van der Waals surface area contributed by atoms with Crippen LogP contribution in [0, 0.1) is 0 Å². The highest BCUT2D eigenvalue weighted by Gasteiger charge is 2.17. The molecule has 0 aromatic heterocycles. The number of nitrogens with two attached hydrogens (primary N) is 1. The van der Waals surface area contributed by atoms with Crippen molar-refractivity contribution >= 4 is 0 Å². The quantitative estimate of drug-likeness (QED) is 0.607. The fourth-order valence-electron chi connectivity index (χ4n) is 2.47. The summed E-state index contributed by atoms with van der Waals surface area (Å²) < 4.78 is 10.8. The zero-order valence-corrected chi connectivity index (χ0v) is 12.5. The average Bonchev–Trinajstić information content (AvgIpc) is 2.56. The molecule has 0 aliphatic carbocycles. The highest BCUT2D eigenvalue weighted by molar-refractivity contribution is 5.48. The van der Waals surface area contributed by atoms with E-state index in [1.807, 2.05) is 36.4 Å². The van der Waals surface area contributed by atoms with Gasteiger partial charge in [-0.2, -0.15) is 0 Å². The van der Waals surface area contributed by atoms with Gasteiger partial charge in [-0.3, -0.25) is 11.3 Å². The van der Waals surface area contributed by atoms with Crippen molar-refractivity contribution in [3.05, 3.63) is 59.7 Å². The van der Waals surface area contributed by atoms with Crippen molar-refractivity contribution in [2.45, 2.75) is 18.9 Å². The summed E-state index contributed by atoms with van der Waals surface area (Å²) in [6, 6.07) is 16.2. The van der Waals surface area contributed by atoms with Gasteiger partial charge in [0.05, 0.1) is 20.3 Å². The Labute approximate surface area is 125 Å². The van der Waals surface area contributed by atoms with Gasteiger partial charge in [0.25, 0.3) is 0 Å². The molecule has 4 heteroatoms. The minimum absolute atomic E-state index is 0.00950. The summed E-state index contributed by atoms with van der Waals surface area (Å²) in [5.74, 6) is 7.19. The van der Waals surface area contributed by atoms with Gasteiger partial charge in [-0.1, -0.05) is 42.5 Å². The highest BCUT2D eigenvalue weighted by Crippen LogP contribution is 2.35. The predicted molar refractivity (Wildman–Crippen MR) is 84.4 cm³/mol. The Kier molecular flexibility index (Phi) is 5.60. The number of hydrazine groups is 1. The number of aryl methyl sites for hydroxylation is 1. The Balaban J connectivity index is 2.17. The third-order valence-electron chi connectivity index (χ3n) is 3.57. The molecule has 3 N–H and O–H groups in total. The lowest BCUT2D eigenvalue weighted by atomic mass is 9.98. The van der Waals surface area contributed by atoms with E-state index < -0.39 is 0 Å². The third-order valence-corrected chi connectivity index (χ3v) is 3.57. The Morgan fingerprint density at radius 2 is 1.76 bits per heavy atom. The van der Waals surface area contributed by atoms with E-state index in [1.165, 1.54) is 5.56 Å². The van der Waals surface area contributed by atoms with E-state index in [-0.39, 0.29) is 6.04 Å². The molecule has 0 radical (unpaired) electrons. The molecular weight excluding hydrogens is 264 g/mol. The maximum absolute atomic E-state index is 5.74. The number of nitrogens with one attached hydrogen (secondary N) is 1. The first-order chi connectivity index (χ1) is 10.3. The van der Waals surface area contributed by atoms with Crippen LogP contribution < -0.4 is 20.7 Å². The van der Waals surface area contributed by atoms with E-state index in [0.717, 1.165) is 29.9 Å². The smallest absolute Gasteiger partial charge is 0.165 e. The van der Waals surface area contributed by atoms with Crippen molar-refractivity contribution in [2.24, 2.45) is 5.84 Å². The Morgan fingerprint density at radius 3 is 2.38 bits per heavy atom. The van der Waals surface area contributed by atoms with Crippen LogP contribution in [-0.2, 0) is 6.42 Å². The predicted octanol–water partition coefficient (Wildman–Crippen LogP) is 2.84. The number of para-hydroxylation sites is 1. The van der Waals surface area contributed by atoms with Crippen molar-refractivity contribution in [1.82, 2.24) is 5.43 Å². The first-order valence-electron chi connectivity index (χ1n) is 7.01. The van der Waals surface area contributed by atoms with Crippen molar-refractivity contribution in [3.8, 4) is 11.5 Å². The van der Waals surface area contributed by atoms with Gasteiger partial charge in [-0.05, 0) is 24.5 Å². The van der Waals surface area contributed by atoms with Crippen LogP contribution in [0.1, 0.15) is 23.6 Å². The van der Waals surface area contributed by atoms with Crippen LogP contribution in [-0.4, -0.2) is 14.2 Å². The summed E-state index contributed by atoms with van der Waals surface area (Å²) in [5, 5.41) is 0. The number of rotatable bonds is 7. The van der Waals surface area contributed by atoms with Crippen LogP contribution in [0.15, 0.2) is 48.5 Å². The second-order valence-electron chi connectivity index (χ2n) is 4.83. The minimum Gasteiger partial charge on any atom is -0.493 e. The van der Waals surface area contributed by atoms with Gasteiger partial charge in [0.1, 0.15) is 0 Å². The van der Waals surface area contributed by atoms with Gasteiger partial charge >= 0.3 is 0 Å². The van der Waals surface area contributed by atoms with Crippen molar-refractivity contribution in [3.63, 3.8) is 0 Å². The lowest BCUT2D eigenvalue weighted by Crippen LogP contribution is -2.28. The Morgan fingerprint density at radius 1 is 1.00 bits per heavy atom. The molecule has 4 nitrogen and oxygen atoms in total. The van der Waals surface area contributed by atoms with E-state index in [9.17, 15) is 0 Å². The Bertz CT molecular complexity index is 558. The van der Waals surface area contributed by atoms with Crippen LogP contribution in [0.4, 0.5) is 0 Å². The van der Waals surface area contributed by atoms with Crippen LogP contribution in [0.25, 0.3) is 0 Å². The van der Waals surface area contributed by atoms with Gasteiger partial charge in [0.2, 0.25) is 0 Å². The zero-order chi connectivity index (χ0) is 15.1. The van der Waals surface area contributed by atoms with E-state index >= 15 is 0 Å². The molecule has 0 aliphatic heterocycles. The van der Waals surface area contributed by atoms with Gasteiger partial charge in [-0.15, -0.1) is 0 Å². The number of methoxy groups -OCH3 is 2. The summed E-state index contributed by atoms with van der Waals surface area (Å²) in [5.41, 5.74) is 5.18. The summed E-state index contributed by atoms with van der Waals surface area (Å²) in [6.07, 6.45) is 1.82. The van der Waals surface area contributed by atoms with Crippen molar-refractivity contribution in [1.29, 1.82) is 0 Å². The van der Waals surface area contributed by atoms with Crippen molar-refractivity contribution in [2.75, 3.05) is 14.2 Å². The summed E-state index contributed by atoms with van der Waals surface area (Å²) in [6.45, 7) is 0. The molecule has 0 heterocycles. The molecule has 0 saturated carbocycles. The molecule has 2 rings (SSSR count). The fraction of sp³-hybridized carbons (Fsp3) is 0.294. The van der Waals surface area contributed by atoms with Crippen LogP contribution >= 0.6 is 0 Å². The average molecular weight is 286 g/mol. The molecule has 0 amide bonds. The van der Waals surface area contributed by atoms with Gasteiger partial charge < -0.3 is 9.47 Å². The molecule has 112 valence electrons. The number of ether oxygens (including phenoxy) is 2. The van der Waals surface area contributed by atoms with E-state index in [2.05, 4.69) is 17.6 Å². The normalized spacial score (nSPS) is 12.0. The van der Waals surface area contributed by atoms with Crippen LogP contribution in [0.3, 0.4) is 0 Å². The maximum Gasteiger partial charge on any atom is 0.165 e. The van der Waals surface area contributed by atoms with E-state index in [1.54, 1.807) is 14.2 Å². The molecule has 0 saturated heterocycles. The summed E-state index contributed by atoms with van der Waals surface area (Å²) in [7, 11) is 3.28. The molecule has 1 unspecified atom stereocenters. The summed E-state index contributed by atoms with van der Waals surface area (Å²) in [4.78, 5) is 0. The lowest BCUT2D eigenvalue weighted by molar-refractivity contribution is 0.345. The van der Waals surface area contributed by atoms with Gasteiger partial charge in [0.15, 0.2) is 11.5 Å². The Hall–Kier alpha value is -2.04. The first-order valence-corrected chi connectivity index (χ1v) is 7.01. The first kappa shape index (κ1) is 15.4. The topological polar surface area (TPSA) is 56.5 Å². The summed E-state index contributed by atoms with van der Waals surface area (Å²) >= 11 is 0. The highest BCUT2D eigenvalue weighted by atomic mass is 16.5. The van der Waals surface area contributed by atoms with E-state index in [4.69, 9.17) is 15.3 Å². The largest absolute Gasteiger partial charge is 0.493 e. The molecule has 0 aliphatic rings. The standard InChI is InChI=1S/C17H22N2O2/c1-20-16-10-6-9-14(17(16)21-2)15(19-18)12-11-13-7-4-3-5-8-13/h3-10,15,19H,11-12,18H2,1-2H3. The van der Waals surface area contributed by atoms with Crippen molar-refractivity contribution < 1.29 is 9.47 Å². The maximum atomic E-state index is 5.74. The molecule has 2 aromatic carbocycles. The lowest BCUT2D eigenvalue weighted by Gasteiger charge is -2.20. The minimum atomic E-state index is 0.00950. The fourth-order valence-corrected chi connectivity index (χ4v) is 2.47. The second kappa shape index (κ2) is 7.67. The monoisotopic (exact) mass is 286 g/mol. The molecular formula is C17H22N2O2. The second-order valence-corrected chi connectivity index (χ2v) is 4.83. The third kappa shape index (κ3) is 3.74. The molecule has 0 fully saturated rings.